The fraction of sp³-hybridized carbons (Fsp3) is 0.714. The van der Waals surface area contributed by atoms with E-state index in [0.717, 1.165) is 37.7 Å². The molecule has 0 spiro atoms. The van der Waals surface area contributed by atoms with Crippen LogP contribution in [-0.2, 0) is 6.54 Å². The zero-order chi connectivity index (χ0) is 13.0. The molecule has 1 aromatic rings. The van der Waals surface area contributed by atoms with E-state index < -0.39 is 0 Å². The highest BCUT2D eigenvalue weighted by Crippen LogP contribution is 2.30. The molecular weight excluding hydrogens is 224 g/mol. The minimum atomic E-state index is 0.391. The van der Waals surface area contributed by atoms with Gasteiger partial charge in [0.25, 0.3) is 0 Å². The molecule has 0 radical (unpaired) electrons. The molecule has 0 aliphatic carbocycles. The van der Waals surface area contributed by atoms with Gasteiger partial charge in [0.15, 0.2) is 5.82 Å². The summed E-state index contributed by atoms with van der Waals surface area (Å²) in [6.45, 7) is 10.7. The van der Waals surface area contributed by atoms with Gasteiger partial charge in [-0.25, -0.2) is 0 Å². The first kappa shape index (κ1) is 13.3. The fourth-order valence-corrected chi connectivity index (χ4v) is 2.49. The van der Waals surface area contributed by atoms with Gasteiger partial charge in [0.05, 0.1) is 5.69 Å². The molecule has 1 N–H and O–H groups in total. The predicted molar refractivity (Wildman–Crippen MR) is 74.6 cm³/mol. The van der Waals surface area contributed by atoms with Crippen molar-refractivity contribution in [3.8, 4) is 0 Å². The summed E-state index contributed by atoms with van der Waals surface area (Å²) in [5.41, 5.74) is 1.40. The Morgan fingerprint density at radius 2 is 2.17 bits per heavy atom. The van der Waals surface area contributed by atoms with Crippen LogP contribution in [0.2, 0.25) is 0 Å². The Hall–Kier alpha value is -1.16. The summed E-state index contributed by atoms with van der Waals surface area (Å²) in [5, 5.41) is 11.9. The van der Waals surface area contributed by atoms with E-state index in [4.69, 9.17) is 0 Å². The van der Waals surface area contributed by atoms with E-state index in [1.165, 1.54) is 12.8 Å². The largest absolute Gasteiger partial charge is 0.355 e. The first-order valence-electron chi connectivity index (χ1n) is 6.89. The van der Waals surface area contributed by atoms with E-state index in [1.54, 1.807) is 0 Å². The van der Waals surface area contributed by atoms with Crippen LogP contribution in [0.3, 0.4) is 0 Å². The standard InChI is InChI=1S/C14H24N4/c1-4-15-10-12-6-7-13(17-16-12)18-9-5-8-14(2,3)11-18/h6-7,15H,4-5,8-11H2,1-3H3. The smallest absolute Gasteiger partial charge is 0.151 e. The zero-order valence-corrected chi connectivity index (χ0v) is 11.7. The highest BCUT2D eigenvalue weighted by atomic mass is 15.3. The molecule has 4 nitrogen and oxygen atoms in total. The molecule has 4 heteroatoms. The van der Waals surface area contributed by atoms with Crippen molar-refractivity contribution in [3.05, 3.63) is 17.8 Å². The molecule has 1 aliphatic heterocycles. The number of rotatable bonds is 4. The summed E-state index contributed by atoms with van der Waals surface area (Å²) in [4.78, 5) is 2.35. The van der Waals surface area contributed by atoms with Gasteiger partial charge in [0, 0.05) is 19.6 Å². The Balaban J connectivity index is 2.00. The Labute approximate surface area is 110 Å². The maximum absolute atomic E-state index is 4.36. The Kier molecular flexibility index (Phi) is 4.17. The van der Waals surface area contributed by atoms with Gasteiger partial charge in [-0.15, -0.1) is 5.10 Å². The fourth-order valence-electron chi connectivity index (χ4n) is 2.49. The van der Waals surface area contributed by atoms with E-state index in [2.05, 4.69) is 53.3 Å². The van der Waals surface area contributed by atoms with Crippen LogP contribution < -0.4 is 10.2 Å². The molecule has 1 saturated heterocycles. The van der Waals surface area contributed by atoms with Crippen LogP contribution in [-0.4, -0.2) is 29.8 Å². The van der Waals surface area contributed by atoms with E-state index in [1.807, 2.05) is 0 Å². The second kappa shape index (κ2) is 5.65. The summed E-state index contributed by atoms with van der Waals surface area (Å²) < 4.78 is 0. The number of hydrogen-bond acceptors (Lipinski definition) is 4. The lowest BCUT2D eigenvalue weighted by Crippen LogP contribution is -2.40. The molecule has 0 bridgehead atoms. The first-order valence-corrected chi connectivity index (χ1v) is 6.89. The molecule has 2 heterocycles. The highest BCUT2D eigenvalue weighted by molar-refractivity contribution is 5.38. The van der Waals surface area contributed by atoms with Crippen molar-refractivity contribution in [2.24, 2.45) is 5.41 Å². The summed E-state index contributed by atoms with van der Waals surface area (Å²) in [6.07, 6.45) is 2.54. The van der Waals surface area contributed by atoms with Crippen LogP contribution in [0, 0.1) is 5.41 Å². The maximum Gasteiger partial charge on any atom is 0.151 e. The van der Waals surface area contributed by atoms with Gasteiger partial charge in [-0.2, -0.15) is 5.10 Å². The molecule has 0 saturated carbocycles. The van der Waals surface area contributed by atoms with Crippen LogP contribution in [0.1, 0.15) is 39.3 Å². The van der Waals surface area contributed by atoms with Crippen molar-refractivity contribution in [2.45, 2.75) is 40.2 Å². The number of nitrogens with zero attached hydrogens (tertiary/aromatic N) is 3. The summed E-state index contributed by atoms with van der Waals surface area (Å²) >= 11 is 0. The predicted octanol–water partition coefficient (Wildman–Crippen LogP) is 2.21. The van der Waals surface area contributed by atoms with Crippen LogP contribution in [0.25, 0.3) is 0 Å². The van der Waals surface area contributed by atoms with E-state index in [9.17, 15) is 0 Å². The van der Waals surface area contributed by atoms with Crippen molar-refractivity contribution >= 4 is 5.82 Å². The van der Waals surface area contributed by atoms with Crippen molar-refractivity contribution < 1.29 is 0 Å². The summed E-state index contributed by atoms with van der Waals surface area (Å²) in [7, 11) is 0. The lowest BCUT2D eigenvalue weighted by atomic mass is 9.84. The van der Waals surface area contributed by atoms with Crippen molar-refractivity contribution in [1.82, 2.24) is 15.5 Å². The molecular formula is C14H24N4. The van der Waals surface area contributed by atoms with Crippen molar-refractivity contribution in [1.29, 1.82) is 0 Å². The molecule has 100 valence electrons. The monoisotopic (exact) mass is 248 g/mol. The lowest BCUT2D eigenvalue weighted by molar-refractivity contribution is 0.291. The number of anilines is 1. The molecule has 18 heavy (non-hydrogen) atoms. The number of hydrogen-bond donors (Lipinski definition) is 1. The minimum absolute atomic E-state index is 0.391. The number of nitrogens with one attached hydrogen (secondary N) is 1. The second-order valence-electron chi connectivity index (χ2n) is 5.85. The minimum Gasteiger partial charge on any atom is -0.355 e. The van der Waals surface area contributed by atoms with Gasteiger partial charge < -0.3 is 10.2 Å². The Morgan fingerprint density at radius 1 is 1.33 bits per heavy atom. The van der Waals surface area contributed by atoms with Crippen molar-refractivity contribution in [3.63, 3.8) is 0 Å². The van der Waals surface area contributed by atoms with Crippen LogP contribution >= 0.6 is 0 Å². The molecule has 0 amide bonds. The van der Waals surface area contributed by atoms with Crippen molar-refractivity contribution in [2.75, 3.05) is 24.5 Å². The molecule has 0 unspecified atom stereocenters. The van der Waals surface area contributed by atoms with E-state index in [-0.39, 0.29) is 0 Å². The summed E-state index contributed by atoms with van der Waals surface area (Å²) in [6, 6.07) is 4.17. The van der Waals surface area contributed by atoms with E-state index >= 15 is 0 Å². The SMILES string of the molecule is CCNCc1ccc(N2CCCC(C)(C)C2)nn1. The average molecular weight is 248 g/mol. The number of piperidine rings is 1. The molecule has 0 aromatic carbocycles. The summed E-state index contributed by atoms with van der Waals surface area (Å²) in [5.74, 6) is 1.02. The normalized spacial score (nSPS) is 18.9. The molecule has 1 aliphatic rings. The lowest BCUT2D eigenvalue weighted by Gasteiger charge is -2.38. The molecule has 2 rings (SSSR count). The second-order valence-corrected chi connectivity index (χ2v) is 5.85. The zero-order valence-electron chi connectivity index (χ0n) is 11.7. The topological polar surface area (TPSA) is 41.0 Å². The van der Waals surface area contributed by atoms with E-state index in [0.29, 0.717) is 5.41 Å². The third kappa shape index (κ3) is 3.42. The van der Waals surface area contributed by atoms with Gasteiger partial charge in [-0.3, -0.25) is 0 Å². The Morgan fingerprint density at radius 3 is 2.78 bits per heavy atom. The Bertz CT molecular complexity index is 372. The first-order chi connectivity index (χ1) is 8.61. The van der Waals surface area contributed by atoms with Gasteiger partial charge in [-0.1, -0.05) is 20.8 Å². The van der Waals surface area contributed by atoms with Crippen LogP contribution in [0.4, 0.5) is 5.82 Å². The van der Waals surface area contributed by atoms with Gasteiger partial charge in [-0.05, 0) is 36.9 Å². The third-order valence-corrected chi connectivity index (χ3v) is 3.49. The molecule has 1 aromatic heterocycles. The third-order valence-electron chi connectivity index (χ3n) is 3.49. The van der Waals surface area contributed by atoms with Crippen LogP contribution in [0.15, 0.2) is 12.1 Å². The molecule has 0 atom stereocenters. The van der Waals surface area contributed by atoms with Gasteiger partial charge >= 0.3 is 0 Å². The number of aromatic nitrogens is 2. The molecule has 1 fully saturated rings. The average Bonchev–Trinajstić information content (AvgIpc) is 2.36. The highest BCUT2D eigenvalue weighted by Gasteiger charge is 2.27. The quantitative estimate of drug-likeness (QED) is 0.887. The van der Waals surface area contributed by atoms with Gasteiger partial charge in [0.1, 0.15) is 0 Å². The van der Waals surface area contributed by atoms with Gasteiger partial charge in [0.2, 0.25) is 0 Å². The van der Waals surface area contributed by atoms with Crippen LogP contribution in [0.5, 0.6) is 0 Å². The maximum atomic E-state index is 4.36.